The molecular formula is C35H42O7. The molecule has 5 N–H and O–H groups in total. The highest BCUT2D eigenvalue weighted by molar-refractivity contribution is 6.01. The first-order valence-corrected chi connectivity index (χ1v) is 13.3. The summed E-state index contributed by atoms with van der Waals surface area (Å²) in [6, 6.07) is 23.7. The van der Waals surface area contributed by atoms with Gasteiger partial charge in [0.1, 0.15) is 0 Å². The van der Waals surface area contributed by atoms with Gasteiger partial charge in [0.05, 0.1) is 11.1 Å². The van der Waals surface area contributed by atoms with E-state index >= 15 is 0 Å². The Kier molecular flexibility index (Phi) is 20.7. The van der Waals surface area contributed by atoms with Crippen molar-refractivity contribution in [1.82, 2.24) is 0 Å². The van der Waals surface area contributed by atoms with Crippen LogP contribution in [0.4, 0.5) is 0 Å². The first-order chi connectivity index (χ1) is 20.2. The summed E-state index contributed by atoms with van der Waals surface area (Å²) in [6.07, 6.45) is 8.80. The molecule has 7 heteroatoms. The minimum atomic E-state index is -1.23. The summed E-state index contributed by atoms with van der Waals surface area (Å²) in [5, 5.41) is 42.5. The number of carboxylic acids is 2. The maximum Gasteiger partial charge on any atom is 0.336 e. The Balaban J connectivity index is 0.000000537. The summed E-state index contributed by atoms with van der Waals surface area (Å²) in [4.78, 5) is 20.9. The van der Waals surface area contributed by atoms with Crippen LogP contribution >= 0.6 is 0 Å². The standard InChI is InChI=1S/C11H12.C10H10.C8H6O4.C6H14O3/c1-3-10(4-2)11-8-6-5-7-9-11;1-3-9-7-5-6-8-10(9)4-2;9-7(10)5-3-1-2-4-6(5)8(11)12;7-3-1-2-6(4-8)5-9/h3-10H,1-2H2;3-8H,1-2H2;1-4H,(H,9,10)(H,11,12);6-9H,1-5H2. The predicted octanol–water partition coefficient (Wildman–Crippen LogP) is 6.56. The van der Waals surface area contributed by atoms with Crippen molar-refractivity contribution < 1.29 is 35.1 Å². The summed E-state index contributed by atoms with van der Waals surface area (Å²) in [5.74, 6) is -2.21. The van der Waals surface area contributed by atoms with Crippen molar-refractivity contribution in [1.29, 1.82) is 0 Å². The average Bonchev–Trinajstić information content (AvgIpc) is 3.03. The van der Waals surface area contributed by atoms with Crippen LogP contribution in [0.2, 0.25) is 0 Å². The highest BCUT2D eigenvalue weighted by atomic mass is 16.4. The third-order valence-corrected chi connectivity index (χ3v) is 5.80. The maximum absolute atomic E-state index is 10.5. The van der Waals surface area contributed by atoms with E-state index in [9.17, 15) is 9.59 Å². The second kappa shape index (κ2) is 23.2. The Bertz CT molecular complexity index is 1160. The summed E-state index contributed by atoms with van der Waals surface area (Å²) < 4.78 is 0. The first-order valence-electron chi connectivity index (χ1n) is 13.3. The molecule has 0 bridgehead atoms. The predicted molar refractivity (Wildman–Crippen MR) is 171 cm³/mol. The number of hydrogen-bond donors (Lipinski definition) is 5. The van der Waals surface area contributed by atoms with Gasteiger partial charge in [-0.3, -0.25) is 0 Å². The molecule has 3 aromatic rings. The van der Waals surface area contributed by atoms with Gasteiger partial charge >= 0.3 is 11.9 Å². The second-order valence-electron chi connectivity index (χ2n) is 8.70. The number of hydrogen-bond acceptors (Lipinski definition) is 5. The van der Waals surface area contributed by atoms with Gasteiger partial charge in [-0.15, -0.1) is 13.2 Å². The van der Waals surface area contributed by atoms with E-state index in [1.807, 2.05) is 66.8 Å². The maximum atomic E-state index is 10.5. The van der Waals surface area contributed by atoms with Crippen molar-refractivity contribution in [3.8, 4) is 0 Å². The fourth-order valence-electron chi connectivity index (χ4n) is 3.40. The topological polar surface area (TPSA) is 135 Å². The molecule has 0 aliphatic rings. The van der Waals surface area contributed by atoms with Gasteiger partial charge in [-0.2, -0.15) is 0 Å². The zero-order chi connectivity index (χ0) is 31.8. The van der Waals surface area contributed by atoms with Crippen LogP contribution in [0.5, 0.6) is 0 Å². The summed E-state index contributed by atoms with van der Waals surface area (Å²) >= 11 is 0. The van der Waals surface area contributed by atoms with Gasteiger partial charge in [0.25, 0.3) is 0 Å². The van der Waals surface area contributed by atoms with E-state index in [0.717, 1.165) is 11.1 Å². The smallest absolute Gasteiger partial charge is 0.336 e. The quantitative estimate of drug-likeness (QED) is 0.155. The van der Waals surface area contributed by atoms with Crippen LogP contribution in [0.3, 0.4) is 0 Å². The van der Waals surface area contributed by atoms with Crippen LogP contribution in [0.25, 0.3) is 12.2 Å². The van der Waals surface area contributed by atoms with E-state index in [-0.39, 0.29) is 42.8 Å². The van der Waals surface area contributed by atoms with E-state index in [4.69, 9.17) is 25.5 Å². The van der Waals surface area contributed by atoms with Crippen LogP contribution < -0.4 is 0 Å². The molecule has 3 rings (SSSR count). The number of carboxylic acid groups (broad SMARTS) is 2. The van der Waals surface area contributed by atoms with Crippen LogP contribution in [-0.2, 0) is 0 Å². The Morgan fingerprint density at radius 2 is 1.05 bits per heavy atom. The van der Waals surface area contributed by atoms with Crippen molar-refractivity contribution >= 4 is 24.1 Å². The Labute approximate surface area is 248 Å². The van der Waals surface area contributed by atoms with Gasteiger partial charge in [-0.1, -0.05) is 104 Å². The van der Waals surface area contributed by atoms with E-state index in [2.05, 4.69) is 38.4 Å². The van der Waals surface area contributed by atoms with Crippen molar-refractivity contribution in [3.63, 3.8) is 0 Å². The molecule has 0 aliphatic carbocycles. The molecule has 42 heavy (non-hydrogen) atoms. The molecule has 0 radical (unpaired) electrons. The van der Waals surface area contributed by atoms with E-state index < -0.39 is 11.9 Å². The molecule has 0 atom stereocenters. The third kappa shape index (κ3) is 14.7. The fraction of sp³-hybridized carbons (Fsp3) is 0.200. The molecule has 0 unspecified atom stereocenters. The summed E-state index contributed by atoms with van der Waals surface area (Å²) in [5.41, 5.74) is 3.14. The molecule has 7 nitrogen and oxygen atoms in total. The summed E-state index contributed by atoms with van der Waals surface area (Å²) in [7, 11) is 0. The molecule has 3 aromatic carbocycles. The highest BCUT2D eigenvalue weighted by Crippen LogP contribution is 2.16. The number of rotatable bonds is 12. The number of benzene rings is 3. The van der Waals surface area contributed by atoms with Gasteiger partial charge < -0.3 is 25.5 Å². The molecular weight excluding hydrogens is 532 g/mol. The van der Waals surface area contributed by atoms with Crippen molar-refractivity contribution in [3.05, 3.63) is 145 Å². The monoisotopic (exact) mass is 574 g/mol. The fourth-order valence-corrected chi connectivity index (χ4v) is 3.40. The molecule has 0 heterocycles. The largest absolute Gasteiger partial charge is 0.478 e. The Morgan fingerprint density at radius 3 is 1.38 bits per heavy atom. The Morgan fingerprint density at radius 1 is 0.643 bits per heavy atom. The third-order valence-electron chi connectivity index (χ3n) is 5.80. The van der Waals surface area contributed by atoms with Crippen molar-refractivity contribution in [2.24, 2.45) is 5.92 Å². The minimum absolute atomic E-state index is 0.0104. The number of carbonyl (C=O) groups is 2. The van der Waals surface area contributed by atoms with Gasteiger partial charge in [0, 0.05) is 31.7 Å². The van der Waals surface area contributed by atoms with Crippen LogP contribution in [0.15, 0.2) is 117 Å². The van der Waals surface area contributed by atoms with E-state index in [0.29, 0.717) is 12.8 Å². The van der Waals surface area contributed by atoms with Crippen molar-refractivity contribution in [2.75, 3.05) is 19.8 Å². The lowest BCUT2D eigenvalue weighted by atomic mass is 10.00. The highest BCUT2D eigenvalue weighted by Gasteiger charge is 2.13. The molecule has 0 spiro atoms. The average molecular weight is 575 g/mol. The number of aliphatic hydroxyl groups is 3. The van der Waals surface area contributed by atoms with Crippen LogP contribution in [0, 0.1) is 5.92 Å². The molecule has 0 amide bonds. The zero-order valence-corrected chi connectivity index (χ0v) is 23.9. The van der Waals surface area contributed by atoms with Gasteiger partial charge in [-0.05, 0) is 41.7 Å². The van der Waals surface area contributed by atoms with Crippen LogP contribution in [-0.4, -0.2) is 57.3 Å². The molecule has 0 fully saturated rings. The molecule has 0 saturated carbocycles. The molecule has 0 aliphatic heterocycles. The first kappa shape index (κ1) is 37.4. The second-order valence-corrected chi connectivity index (χ2v) is 8.70. The Hall–Kier alpha value is -4.56. The lowest BCUT2D eigenvalue weighted by molar-refractivity contribution is 0.0651. The number of allylic oxidation sites excluding steroid dienone is 2. The van der Waals surface area contributed by atoms with Gasteiger partial charge in [0.15, 0.2) is 0 Å². The van der Waals surface area contributed by atoms with E-state index in [1.54, 1.807) is 0 Å². The summed E-state index contributed by atoms with van der Waals surface area (Å²) in [6.45, 7) is 15.0. The lowest BCUT2D eigenvalue weighted by Crippen LogP contribution is -2.11. The van der Waals surface area contributed by atoms with E-state index in [1.165, 1.54) is 29.8 Å². The normalized spacial score (nSPS) is 9.55. The number of aliphatic hydroxyl groups excluding tert-OH is 3. The molecule has 224 valence electrons. The lowest BCUT2D eigenvalue weighted by Gasteiger charge is -2.07. The number of aromatic carboxylic acids is 2. The minimum Gasteiger partial charge on any atom is -0.478 e. The molecule has 0 aromatic heterocycles. The van der Waals surface area contributed by atoms with Crippen LogP contribution in [0.1, 0.15) is 56.2 Å². The molecule has 0 saturated heterocycles. The zero-order valence-electron chi connectivity index (χ0n) is 23.9. The van der Waals surface area contributed by atoms with Gasteiger partial charge in [-0.25, -0.2) is 9.59 Å². The van der Waals surface area contributed by atoms with Gasteiger partial charge in [0.2, 0.25) is 0 Å². The van der Waals surface area contributed by atoms with Crippen molar-refractivity contribution in [2.45, 2.75) is 18.8 Å². The SMILES string of the molecule is C=CC(C=C)c1ccccc1.C=Cc1ccccc1C=C.O=C(O)c1ccccc1C(=O)O.OCCCC(CO)CO.